The van der Waals surface area contributed by atoms with Gasteiger partial charge in [0, 0.05) is 19.7 Å². The van der Waals surface area contributed by atoms with Crippen molar-refractivity contribution in [1.29, 1.82) is 0 Å². The van der Waals surface area contributed by atoms with Gasteiger partial charge in [-0.1, -0.05) is 18.3 Å². The number of aromatic nitrogens is 1. The number of hydrogen-bond acceptors (Lipinski definition) is 5. The SMILES string of the molecule is CCOCCN(CC)c1nc(CC)c(CO)s1. The topological polar surface area (TPSA) is 45.6 Å². The molecule has 0 radical (unpaired) electrons. The van der Waals surface area contributed by atoms with Crippen LogP contribution in [0.4, 0.5) is 5.13 Å². The number of hydrogen-bond donors (Lipinski definition) is 1. The maximum atomic E-state index is 9.26. The second-order valence-corrected chi connectivity index (χ2v) is 4.72. The Labute approximate surface area is 107 Å². The van der Waals surface area contributed by atoms with Crippen LogP contribution >= 0.6 is 11.3 Å². The molecule has 0 saturated carbocycles. The van der Waals surface area contributed by atoms with Crippen molar-refractivity contribution in [2.75, 3.05) is 31.2 Å². The van der Waals surface area contributed by atoms with Gasteiger partial charge in [-0.25, -0.2) is 4.98 Å². The highest BCUT2D eigenvalue weighted by molar-refractivity contribution is 7.15. The van der Waals surface area contributed by atoms with E-state index in [0.29, 0.717) is 0 Å². The highest BCUT2D eigenvalue weighted by Crippen LogP contribution is 2.26. The van der Waals surface area contributed by atoms with E-state index in [4.69, 9.17) is 4.74 Å². The van der Waals surface area contributed by atoms with Crippen LogP contribution in [0.5, 0.6) is 0 Å². The molecule has 1 rings (SSSR count). The smallest absolute Gasteiger partial charge is 0.185 e. The molecular formula is C12H22N2O2S. The van der Waals surface area contributed by atoms with Gasteiger partial charge in [-0.15, -0.1) is 0 Å². The van der Waals surface area contributed by atoms with Gasteiger partial charge in [-0.3, -0.25) is 0 Å². The maximum absolute atomic E-state index is 9.26. The minimum atomic E-state index is 0.0872. The summed E-state index contributed by atoms with van der Waals surface area (Å²) in [6, 6.07) is 0. The number of aryl methyl sites for hydroxylation is 1. The first kappa shape index (κ1) is 14.4. The van der Waals surface area contributed by atoms with Crippen LogP contribution in [0, 0.1) is 0 Å². The second-order valence-electron chi connectivity index (χ2n) is 3.65. The van der Waals surface area contributed by atoms with Crippen LogP contribution in [0.2, 0.25) is 0 Å². The average Bonchev–Trinajstić information content (AvgIpc) is 2.77. The summed E-state index contributed by atoms with van der Waals surface area (Å²) in [6.07, 6.45) is 0.870. The number of ether oxygens (including phenoxy) is 1. The van der Waals surface area contributed by atoms with E-state index in [1.54, 1.807) is 11.3 Å². The van der Waals surface area contributed by atoms with Crippen LogP contribution in [0.25, 0.3) is 0 Å². The Kier molecular flexibility index (Phi) is 6.47. The van der Waals surface area contributed by atoms with Crippen molar-refractivity contribution in [2.45, 2.75) is 33.8 Å². The molecule has 0 bridgehead atoms. The number of rotatable bonds is 8. The molecule has 0 atom stereocenters. The summed E-state index contributed by atoms with van der Waals surface area (Å²) in [5.41, 5.74) is 1.02. The third kappa shape index (κ3) is 3.94. The van der Waals surface area contributed by atoms with E-state index in [9.17, 15) is 5.11 Å². The zero-order valence-electron chi connectivity index (χ0n) is 10.9. The fourth-order valence-electron chi connectivity index (χ4n) is 1.61. The lowest BCUT2D eigenvalue weighted by Crippen LogP contribution is -2.27. The molecule has 0 aliphatic heterocycles. The Morgan fingerprint density at radius 1 is 1.35 bits per heavy atom. The molecular weight excluding hydrogens is 236 g/mol. The fraction of sp³-hybridized carbons (Fsp3) is 0.750. The summed E-state index contributed by atoms with van der Waals surface area (Å²) in [5, 5.41) is 10.3. The molecule has 1 heterocycles. The fourth-order valence-corrected chi connectivity index (χ4v) is 2.71. The predicted octanol–water partition coefficient (Wildman–Crippen LogP) is 2.06. The first-order valence-corrected chi connectivity index (χ1v) is 7.00. The van der Waals surface area contributed by atoms with Crippen LogP contribution < -0.4 is 4.90 Å². The standard InChI is InChI=1S/C12H22N2O2S/c1-4-10-11(9-15)17-12(13-10)14(5-2)7-8-16-6-3/h15H,4-9H2,1-3H3. The summed E-state index contributed by atoms with van der Waals surface area (Å²) in [4.78, 5) is 7.76. The van der Waals surface area contributed by atoms with Crippen LogP contribution in [-0.4, -0.2) is 36.4 Å². The highest BCUT2D eigenvalue weighted by atomic mass is 32.1. The van der Waals surface area contributed by atoms with Gasteiger partial charge in [0.1, 0.15) is 0 Å². The number of anilines is 1. The van der Waals surface area contributed by atoms with E-state index >= 15 is 0 Å². The predicted molar refractivity (Wildman–Crippen MR) is 71.8 cm³/mol. The summed E-state index contributed by atoms with van der Waals surface area (Å²) in [5.74, 6) is 0. The number of thiazole rings is 1. The molecule has 5 heteroatoms. The van der Waals surface area contributed by atoms with E-state index in [0.717, 1.165) is 48.4 Å². The Hall–Kier alpha value is -0.650. The van der Waals surface area contributed by atoms with E-state index in [1.807, 2.05) is 6.92 Å². The number of likely N-dealkylation sites (N-methyl/N-ethyl adjacent to an activating group) is 1. The second kappa shape index (κ2) is 7.63. The van der Waals surface area contributed by atoms with Gasteiger partial charge in [0.15, 0.2) is 5.13 Å². The molecule has 0 spiro atoms. The van der Waals surface area contributed by atoms with Crippen molar-refractivity contribution in [3.8, 4) is 0 Å². The molecule has 0 aromatic carbocycles. The van der Waals surface area contributed by atoms with Crippen molar-refractivity contribution in [2.24, 2.45) is 0 Å². The van der Waals surface area contributed by atoms with Crippen molar-refractivity contribution in [1.82, 2.24) is 4.98 Å². The molecule has 17 heavy (non-hydrogen) atoms. The molecule has 0 aliphatic rings. The van der Waals surface area contributed by atoms with Gasteiger partial charge in [0.2, 0.25) is 0 Å². The van der Waals surface area contributed by atoms with Gasteiger partial charge in [0.25, 0.3) is 0 Å². The first-order chi connectivity index (χ1) is 8.26. The zero-order valence-corrected chi connectivity index (χ0v) is 11.7. The van der Waals surface area contributed by atoms with Crippen LogP contribution in [0.3, 0.4) is 0 Å². The van der Waals surface area contributed by atoms with Crippen molar-refractivity contribution < 1.29 is 9.84 Å². The number of aliphatic hydroxyl groups excluding tert-OH is 1. The molecule has 0 amide bonds. The Morgan fingerprint density at radius 3 is 2.59 bits per heavy atom. The van der Waals surface area contributed by atoms with Crippen LogP contribution in [-0.2, 0) is 17.8 Å². The maximum Gasteiger partial charge on any atom is 0.185 e. The Morgan fingerprint density at radius 2 is 2.12 bits per heavy atom. The van der Waals surface area contributed by atoms with Crippen LogP contribution in [0.1, 0.15) is 31.3 Å². The normalized spacial score (nSPS) is 10.8. The molecule has 1 aromatic rings. The monoisotopic (exact) mass is 258 g/mol. The Bertz CT molecular complexity index is 307. The lowest BCUT2D eigenvalue weighted by molar-refractivity contribution is 0.154. The van der Waals surface area contributed by atoms with E-state index in [1.165, 1.54) is 0 Å². The largest absolute Gasteiger partial charge is 0.391 e. The van der Waals surface area contributed by atoms with Gasteiger partial charge in [-0.05, 0) is 20.3 Å². The molecule has 1 N–H and O–H groups in total. The quantitative estimate of drug-likeness (QED) is 0.725. The van der Waals surface area contributed by atoms with Crippen LogP contribution in [0.15, 0.2) is 0 Å². The van der Waals surface area contributed by atoms with E-state index < -0.39 is 0 Å². The molecule has 98 valence electrons. The summed E-state index contributed by atoms with van der Waals surface area (Å²) < 4.78 is 5.36. The molecule has 4 nitrogen and oxygen atoms in total. The summed E-state index contributed by atoms with van der Waals surface area (Å²) in [7, 11) is 0. The minimum Gasteiger partial charge on any atom is -0.391 e. The van der Waals surface area contributed by atoms with Crippen molar-refractivity contribution >= 4 is 16.5 Å². The first-order valence-electron chi connectivity index (χ1n) is 6.18. The molecule has 0 saturated heterocycles. The molecule has 0 fully saturated rings. The van der Waals surface area contributed by atoms with Gasteiger partial charge >= 0.3 is 0 Å². The summed E-state index contributed by atoms with van der Waals surface area (Å²) >= 11 is 1.58. The minimum absolute atomic E-state index is 0.0872. The number of aliphatic hydroxyl groups is 1. The molecule has 1 aromatic heterocycles. The van der Waals surface area contributed by atoms with Crippen molar-refractivity contribution in [3.63, 3.8) is 0 Å². The van der Waals surface area contributed by atoms with E-state index in [2.05, 4.69) is 23.7 Å². The van der Waals surface area contributed by atoms with Gasteiger partial charge in [-0.2, -0.15) is 0 Å². The third-order valence-electron chi connectivity index (χ3n) is 2.61. The zero-order chi connectivity index (χ0) is 12.7. The highest BCUT2D eigenvalue weighted by Gasteiger charge is 2.13. The lowest BCUT2D eigenvalue weighted by atomic mass is 10.3. The van der Waals surface area contributed by atoms with E-state index in [-0.39, 0.29) is 6.61 Å². The molecule has 0 unspecified atom stereocenters. The van der Waals surface area contributed by atoms with Gasteiger partial charge < -0.3 is 14.7 Å². The van der Waals surface area contributed by atoms with Crippen molar-refractivity contribution in [3.05, 3.63) is 10.6 Å². The lowest BCUT2D eigenvalue weighted by Gasteiger charge is -2.19. The van der Waals surface area contributed by atoms with Gasteiger partial charge in [0.05, 0.1) is 23.8 Å². The Balaban J connectivity index is 2.70. The third-order valence-corrected chi connectivity index (χ3v) is 3.75. The summed E-state index contributed by atoms with van der Waals surface area (Å²) in [6.45, 7) is 9.49. The molecule has 0 aliphatic carbocycles. The average molecular weight is 258 g/mol. The number of nitrogens with zero attached hydrogens (tertiary/aromatic N) is 2.